The Hall–Kier alpha value is 6.07. The van der Waals surface area contributed by atoms with Crippen LogP contribution >= 0.6 is 15.9 Å². The minimum absolute atomic E-state index is 0. The summed E-state index contributed by atoms with van der Waals surface area (Å²) in [5.41, 5.74) is 0.270. The van der Waals surface area contributed by atoms with Gasteiger partial charge in [0.05, 0.1) is 33.0 Å². The predicted molar refractivity (Wildman–Crippen MR) is 423 cm³/mol. The molecule has 0 spiro atoms. The predicted octanol–water partition coefficient (Wildman–Crippen LogP) is 17.9. The van der Waals surface area contributed by atoms with Crippen LogP contribution in [-0.4, -0.2) is 262 Å². The van der Waals surface area contributed by atoms with Crippen LogP contribution in [0.15, 0.2) is 0 Å². The van der Waals surface area contributed by atoms with Crippen molar-refractivity contribution in [2.24, 2.45) is 35.5 Å². The third-order valence-corrected chi connectivity index (χ3v) is 20.4. The van der Waals surface area contributed by atoms with Gasteiger partial charge in [-0.1, -0.05) is 100 Å². The maximum atomic E-state index is 8.82. The van der Waals surface area contributed by atoms with Gasteiger partial charge < -0.3 is 125 Å². The van der Waals surface area contributed by atoms with E-state index >= 15 is 0 Å². The number of rotatable bonds is 31. The second kappa shape index (κ2) is 91.0. The summed E-state index contributed by atoms with van der Waals surface area (Å²) in [5, 5.41) is 35.8. The van der Waals surface area contributed by atoms with Crippen LogP contribution in [0.2, 0.25) is 0 Å². The van der Waals surface area contributed by atoms with E-state index < -0.39 is 0 Å². The zero-order valence-corrected chi connectivity index (χ0v) is 97.1. The van der Waals surface area contributed by atoms with Crippen LogP contribution in [0, 0.1) is 142 Å². The van der Waals surface area contributed by atoms with Crippen molar-refractivity contribution in [1.29, 1.82) is 0 Å². The summed E-state index contributed by atoms with van der Waals surface area (Å²) in [4.78, 5) is 8.76. The molecule has 0 aliphatic heterocycles. The quantitative estimate of drug-likeness (QED) is 0.0401. The second-order valence-electron chi connectivity index (χ2n) is 28.7. The minimum Gasteiger partial charge on any atom is -0.662 e. The van der Waals surface area contributed by atoms with E-state index in [0.29, 0.717) is 48.8 Å². The Labute approximate surface area is 781 Å². The SMILES string of the molecule is C.C[N-]C1CCC(CO)CC1.C[N-]C1CCC(COCC(C)(C)N(C)C)CC1.C[N-]C1CCC(COCC(C)(C)N(C)C)CC1.C[N-]C1CCC(COCCBr)CC1.C[N-]C1CCC(COCCN(C)C)CC1.C[N-]C1CCC(COCCN(C)C)CC1.[CH3-].[CH3-].[CH3-].[CH3-].[CH3-].[CH3-].[U].[U].[W+2].[W+2].[W+2].[W+2].[W+2].[W+2]. The van der Waals surface area contributed by atoms with Gasteiger partial charge in [-0.3, -0.25) is 0 Å². The number of nitrogens with zero attached hydrogens (tertiary/aromatic N) is 10. The number of aliphatic hydroxyl groups is 1. The molecule has 0 aromatic heterocycles. The van der Waals surface area contributed by atoms with Gasteiger partial charge >= 0.3 is 126 Å². The summed E-state index contributed by atoms with van der Waals surface area (Å²) in [6.07, 6.45) is 30.2. The number of hydrogen-bond donors (Lipinski definition) is 1. The molecule has 0 aromatic carbocycles. The molecular formula is C77H165BrN10O6U2W6. The minimum atomic E-state index is 0. The summed E-state index contributed by atoms with van der Waals surface area (Å²) in [6, 6.07) is 3.70. The fourth-order valence-electron chi connectivity index (χ4n) is 11.9. The molecule has 0 aromatic rings. The average molecular weight is 2990 g/mol. The van der Waals surface area contributed by atoms with E-state index in [0.717, 1.165) is 114 Å². The van der Waals surface area contributed by atoms with Crippen molar-refractivity contribution < 1.29 is 217 Å². The van der Waals surface area contributed by atoms with Gasteiger partial charge in [-0.05, 0) is 197 Å². The van der Waals surface area contributed by atoms with Gasteiger partial charge in [0.2, 0.25) is 0 Å². The Morgan fingerprint density at radius 3 is 0.657 bits per heavy atom. The van der Waals surface area contributed by atoms with Crippen LogP contribution in [-0.2, 0) is 150 Å². The Morgan fingerprint density at radius 2 is 0.500 bits per heavy atom. The van der Waals surface area contributed by atoms with Crippen molar-refractivity contribution in [3.63, 3.8) is 0 Å². The molecule has 102 heavy (non-hydrogen) atoms. The van der Waals surface area contributed by atoms with Crippen LogP contribution in [0.1, 0.15) is 189 Å². The summed E-state index contributed by atoms with van der Waals surface area (Å²) >= 11 is 3.36. The van der Waals surface area contributed by atoms with Crippen molar-refractivity contribution in [2.45, 2.75) is 237 Å². The van der Waals surface area contributed by atoms with Gasteiger partial charge in [0.15, 0.2) is 0 Å². The molecule has 610 valence electrons. The fourth-order valence-corrected chi connectivity index (χ4v) is 12.2. The number of hydrogen-bond acceptors (Lipinski definition) is 10. The number of halogens is 1. The van der Waals surface area contributed by atoms with E-state index in [1.165, 1.54) is 154 Å². The first-order valence-corrected chi connectivity index (χ1v) is 35.9. The van der Waals surface area contributed by atoms with Crippen LogP contribution in [0.25, 0.3) is 31.9 Å². The molecule has 6 aliphatic carbocycles. The number of ether oxygens (including phenoxy) is 5. The molecule has 6 rings (SSSR count). The molecule has 0 unspecified atom stereocenters. The molecule has 0 amide bonds. The van der Waals surface area contributed by atoms with E-state index in [1.807, 2.05) is 42.3 Å². The van der Waals surface area contributed by atoms with Crippen molar-refractivity contribution >= 4 is 15.9 Å². The Morgan fingerprint density at radius 1 is 0.324 bits per heavy atom. The van der Waals surface area contributed by atoms with E-state index in [-0.39, 0.29) is 252 Å². The van der Waals surface area contributed by atoms with Gasteiger partial charge in [-0.15, -0.1) is 36.3 Å². The van der Waals surface area contributed by atoms with Crippen molar-refractivity contribution in [2.75, 3.05) is 190 Å². The van der Waals surface area contributed by atoms with Gasteiger partial charge in [0.25, 0.3) is 0 Å². The molecule has 16 nitrogen and oxygen atoms in total. The summed E-state index contributed by atoms with van der Waals surface area (Å²) in [7, 11) is 28.4. The van der Waals surface area contributed by atoms with E-state index in [2.05, 4.69) is 152 Å². The largest absolute Gasteiger partial charge is 2.00 e. The topological polar surface area (TPSA) is 164 Å². The van der Waals surface area contributed by atoms with Crippen molar-refractivity contribution in [1.82, 2.24) is 19.6 Å². The van der Waals surface area contributed by atoms with Crippen molar-refractivity contribution in [3.8, 4) is 0 Å². The molecule has 0 heterocycles. The van der Waals surface area contributed by atoms with Crippen LogP contribution < -0.4 is 0 Å². The Kier molecular flexibility index (Phi) is 128. The van der Waals surface area contributed by atoms with Gasteiger partial charge in [0.1, 0.15) is 0 Å². The van der Waals surface area contributed by atoms with Crippen LogP contribution in [0.3, 0.4) is 0 Å². The maximum absolute atomic E-state index is 8.82. The summed E-state index contributed by atoms with van der Waals surface area (Å²) in [5.74, 6) is 4.43. The first kappa shape index (κ1) is 143. The molecule has 25 heteroatoms. The van der Waals surface area contributed by atoms with Gasteiger partial charge in [0, 0.05) is 131 Å². The maximum Gasteiger partial charge on any atom is 2.00 e. The molecule has 0 bridgehead atoms. The zero-order valence-electron chi connectivity index (χ0n) is 69.6. The van der Waals surface area contributed by atoms with E-state index in [1.54, 1.807) is 0 Å². The van der Waals surface area contributed by atoms with Gasteiger partial charge in [-0.25, -0.2) is 0 Å². The Bertz CT molecular complexity index is 1450. The monoisotopic (exact) mass is 2990 g/mol. The molecule has 0 saturated heterocycles. The number of alkyl halides is 1. The molecule has 6 aliphatic rings. The van der Waals surface area contributed by atoms with Gasteiger partial charge in [-0.2, -0.15) is 42.3 Å². The normalized spacial score (nSPS) is 23.9. The average Bonchev–Trinajstić information content (AvgIpc) is 0.920. The molecule has 6 saturated carbocycles. The summed E-state index contributed by atoms with van der Waals surface area (Å²) < 4.78 is 28.7. The third-order valence-electron chi connectivity index (χ3n) is 20.0. The second-order valence-corrected chi connectivity index (χ2v) is 29.5. The zero-order chi connectivity index (χ0) is 64.9. The molecule has 0 radical (unpaired) electrons. The van der Waals surface area contributed by atoms with E-state index in [4.69, 9.17) is 28.8 Å². The smallest absolute Gasteiger partial charge is 0.662 e. The molecule has 6 fully saturated rings. The first-order valence-electron chi connectivity index (χ1n) is 34.8. The number of aliphatic hydroxyl groups excluding tert-OH is 1. The van der Waals surface area contributed by atoms with Crippen LogP contribution in [0.5, 0.6) is 0 Å². The number of likely N-dealkylation sites (N-methyl/N-ethyl adjacent to an activating group) is 4. The Balaban J connectivity index is -0.0000000669. The standard InChI is InChI=1S/2C14H29N2O.2C12H25N2O.C10H19BrNO.C8H16NO.CH4.6CH3.2U.6W/c2*1-14(2,16(4)5)11-17-10-12-6-8-13(15-3)9-7-12;2*1-13-12-6-4-11(5-7-12)10-15-9-8-14(2)3;1-12-10-4-2-9(3-5-10)8-13-7-6-11;1-9-8-4-2-7(6-10)3-5-8;;;;;;;;;;;;;;;/h2*12-13H,6-11H2,1-5H3;2*11-12H,4-10H2,1-3H3;9-10H,2-8H2,1H3;7-8,10H,2-6H2,1H3;1H4;6*1H3;;;;;;;;/q6*-1;;6*-1;;;6*+2. The van der Waals surface area contributed by atoms with Crippen molar-refractivity contribution in [3.05, 3.63) is 76.5 Å². The first-order chi connectivity index (χ1) is 41.6. The molecule has 0 atom stereocenters. The van der Waals surface area contributed by atoms with E-state index in [9.17, 15) is 0 Å². The summed E-state index contributed by atoms with van der Waals surface area (Å²) in [6.45, 7) is 20.2. The fraction of sp³-hybridized carbons (Fsp3) is 0.922. The molecule has 1 N–H and O–H groups in total. The third kappa shape index (κ3) is 74.9. The molecular weight excluding hydrogens is 2820 g/mol. The van der Waals surface area contributed by atoms with Crippen LogP contribution in [0.4, 0.5) is 0 Å².